The Labute approximate surface area is 106 Å². The molecule has 1 aliphatic heterocycles. The van der Waals surface area contributed by atoms with Crippen molar-refractivity contribution in [1.29, 1.82) is 0 Å². The molecule has 0 saturated heterocycles. The first kappa shape index (κ1) is 9.77. The maximum absolute atomic E-state index is 10.2. The molecule has 0 radical (unpaired) electrons. The second-order valence-electron chi connectivity index (χ2n) is 4.86. The lowest BCUT2D eigenvalue weighted by Crippen LogP contribution is -2.25. The second kappa shape index (κ2) is 3.39. The molecule has 4 aliphatic rings. The third kappa shape index (κ3) is 1.17. The van der Waals surface area contributed by atoms with Crippen LogP contribution in [0.1, 0.15) is 0 Å². The molecule has 0 aromatic carbocycles. The number of allylic oxidation sites excluding steroid dienone is 7. The van der Waals surface area contributed by atoms with Gasteiger partial charge in [0.1, 0.15) is 5.76 Å². The summed E-state index contributed by atoms with van der Waals surface area (Å²) in [5.74, 6) is 0.442. The monoisotopic (exact) mass is 235 g/mol. The van der Waals surface area contributed by atoms with E-state index in [2.05, 4.69) is 29.6 Å². The van der Waals surface area contributed by atoms with E-state index in [0.717, 1.165) is 16.8 Å². The molecule has 0 spiro atoms. The minimum absolute atomic E-state index is 0.00922. The summed E-state index contributed by atoms with van der Waals surface area (Å²) in [5.41, 5.74) is 4.70. The Bertz CT molecular complexity index is 638. The molecule has 2 nitrogen and oxygen atoms in total. The van der Waals surface area contributed by atoms with E-state index in [9.17, 15) is 5.11 Å². The summed E-state index contributed by atoms with van der Waals surface area (Å²) in [5, 5.41) is 13.7. The molecule has 2 N–H and O–H groups in total. The van der Waals surface area contributed by atoms with Crippen LogP contribution >= 0.6 is 0 Å². The summed E-state index contributed by atoms with van der Waals surface area (Å²) in [4.78, 5) is 0. The maximum Gasteiger partial charge on any atom is 0.104 e. The number of rotatable bonds is 0. The number of nitrogens with one attached hydrogen (secondary N) is 1. The van der Waals surface area contributed by atoms with Crippen molar-refractivity contribution in [1.82, 2.24) is 5.32 Å². The molecule has 2 heteroatoms. The van der Waals surface area contributed by atoms with Crippen molar-refractivity contribution in [2.24, 2.45) is 5.92 Å². The van der Waals surface area contributed by atoms with Gasteiger partial charge in [0.15, 0.2) is 0 Å². The molecular weight excluding hydrogens is 222 g/mol. The third-order valence-electron chi connectivity index (χ3n) is 3.83. The van der Waals surface area contributed by atoms with Gasteiger partial charge in [-0.1, -0.05) is 48.6 Å². The van der Waals surface area contributed by atoms with Crippen LogP contribution in [0.4, 0.5) is 0 Å². The zero-order chi connectivity index (χ0) is 12.1. The molecule has 0 bridgehead atoms. The standard InChI is InChI=1S/C16H13NO/c18-15-9-13-10-5-3-4-8-14(10)17-16(13)12-7-2-1-6-11(12)15/h1-9,11,14,17-18H. The fraction of sp³-hybridized carbons (Fsp3) is 0.125. The topological polar surface area (TPSA) is 32.3 Å². The van der Waals surface area contributed by atoms with Crippen molar-refractivity contribution in [3.05, 3.63) is 82.9 Å². The van der Waals surface area contributed by atoms with Crippen LogP contribution in [-0.2, 0) is 0 Å². The van der Waals surface area contributed by atoms with E-state index < -0.39 is 0 Å². The number of aliphatic hydroxyl groups excluding tert-OH is 1. The Morgan fingerprint density at radius 3 is 2.61 bits per heavy atom. The molecule has 0 amide bonds. The molecule has 0 aromatic heterocycles. The van der Waals surface area contributed by atoms with Gasteiger partial charge >= 0.3 is 0 Å². The molecule has 2 atom stereocenters. The molecule has 4 rings (SSSR count). The highest BCUT2D eigenvalue weighted by Crippen LogP contribution is 2.40. The van der Waals surface area contributed by atoms with Crippen LogP contribution in [0.3, 0.4) is 0 Å². The highest BCUT2D eigenvalue weighted by atomic mass is 16.3. The van der Waals surface area contributed by atoms with Crippen molar-refractivity contribution in [2.45, 2.75) is 6.04 Å². The first-order valence-corrected chi connectivity index (χ1v) is 6.20. The smallest absolute Gasteiger partial charge is 0.104 e. The lowest BCUT2D eigenvalue weighted by atomic mass is 9.84. The second-order valence-corrected chi connectivity index (χ2v) is 4.86. The average molecular weight is 235 g/mol. The Hall–Kier alpha value is -2.22. The molecular formula is C16H13NO. The van der Waals surface area contributed by atoms with Gasteiger partial charge in [0, 0.05) is 11.3 Å². The lowest BCUT2D eigenvalue weighted by Gasteiger charge is -2.24. The minimum Gasteiger partial charge on any atom is -0.511 e. The van der Waals surface area contributed by atoms with Crippen LogP contribution in [0.15, 0.2) is 82.9 Å². The summed E-state index contributed by atoms with van der Waals surface area (Å²) in [6, 6.07) is 0.245. The lowest BCUT2D eigenvalue weighted by molar-refractivity contribution is 0.369. The van der Waals surface area contributed by atoms with Crippen LogP contribution in [0.25, 0.3) is 0 Å². The first-order chi connectivity index (χ1) is 8.84. The van der Waals surface area contributed by atoms with Crippen molar-refractivity contribution in [3.63, 3.8) is 0 Å². The van der Waals surface area contributed by atoms with Gasteiger partial charge in [0.05, 0.1) is 12.0 Å². The van der Waals surface area contributed by atoms with Gasteiger partial charge in [-0.2, -0.15) is 0 Å². The van der Waals surface area contributed by atoms with Gasteiger partial charge in [-0.25, -0.2) is 0 Å². The van der Waals surface area contributed by atoms with E-state index in [0.29, 0.717) is 5.76 Å². The fourth-order valence-corrected chi connectivity index (χ4v) is 2.97. The van der Waals surface area contributed by atoms with Gasteiger partial charge in [0.2, 0.25) is 0 Å². The van der Waals surface area contributed by atoms with Gasteiger partial charge in [0.25, 0.3) is 0 Å². The fourth-order valence-electron chi connectivity index (χ4n) is 2.97. The highest BCUT2D eigenvalue weighted by Gasteiger charge is 2.33. The average Bonchev–Trinajstić information content (AvgIpc) is 2.78. The van der Waals surface area contributed by atoms with Crippen molar-refractivity contribution in [3.8, 4) is 0 Å². The van der Waals surface area contributed by atoms with Crippen LogP contribution < -0.4 is 5.32 Å². The summed E-state index contributed by atoms with van der Waals surface area (Å²) in [6.07, 6.45) is 18.4. The quantitative estimate of drug-likeness (QED) is 0.676. The van der Waals surface area contributed by atoms with E-state index in [-0.39, 0.29) is 12.0 Å². The van der Waals surface area contributed by atoms with Crippen LogP contribution in [0, 0.1) is 5.92 Å². The summed E-state index contributed by atoms with van der Waals surface area (Å²) >= 11 is 0. The van der Waals surface area contributed by atoms with E-state index in [1.54, 1.807) is 0 Å². The Balaban J connectivity index is 1.95. The molecule has 0 saturated carbocycles. The Morgan fingerprint density at radius 2 is 1.72 bits per heavy atom. The Morgan fingerprint density at radius 1 is 0.944 bits per heavy atom. The SMILES string of the molecule is OC1=CC2=C3C=CC=CC3NC2=C2C=CC=CC12. The van der Waals surface area contributed by atoms with Crippen molar-refractivity contribution >= 4 is 0 Å². The van der Waals surface area contributed by atoms with Crippen LogP contribution in [0.5, 0.6) is 0 Å². The number of hydrogen-bond donors (Lipinski definition) is 2. The van der Waals surface area contributed by atoms with Crippen LogP contribution in [0.2, 0.25) is 0 Å². The largest absolute Gasteiger partial charge is 0.511 e. The molecule has 88 valence electrons. The summed E-state index contributed by atoms with van der Waals surface area (Å²) in [6.45, 7) is 0. The highest BCUT2D eigenvalue weighted by molar-refractivity contribution is 5.64. The number of fused-ring (bicyclic) bond motifs is 3. The van der Waals surface area contributed by atoms with E-state index in [1.807, 2.05) is 30.4 Å². The minimum atomic E-state index is 0.00922. The number of hydrogen-bond acceptors (Lipinski definition) is 2. The zero-order valence-electron chi connectivity index (χ0n) is 9.80. The molecule has 1 heterocycles. The van der Waals surface area contributed by atoms with Gasteiger partial charge in [-0.3, -0.25) is 0 Å². The predicted molar refractivity (Wildman–Crippen MR) is 71.7 cm³/mol. The van der Waals surface area contributed by atoms with Crippen molar-refractivity contribution in [2.75, 3.05) is 0 Å². The molecule has 2 unspecified atom stereocenters. The van der Waals surface area contributed by atoms with E-state index in [1.165, 1.54) is 5.57 Å². The third-order valence-corrected chi connectivity index (χ3v) is 3.83. The zero-order valence-corrected chi connectivity index (χ0v) is 9.80. The van der Waals surface area contributed by atoms with Crippen molar-refractivity contribution < 1.29 is 5.11 Å². The summed E-state index contributed by atoms with van der Waals surface area (Å²) < 4.78 is 0. The molecule has 0 aromatic rings. The number of aliphatic hydroxyl groups is 1. The van der Waals surface area contributed by atoms with Gasteiger partial charge in [-0.05, 0) is 17.2 Å². The first-order valence-electron chi connectivity index (χ1n) is 6.20. The molecule has 18 heavy (non-hydrogen) atoms. The molecule has 0 fully saturated rings. The predicted octanol–water partition coefficient (Wildman–Crippen LogP) is 2.83. The van der Waals surface area contributed by atoms with Gasteiger partial charge < -0.3 is 10.4 Å². The summed E-state index contributed by atoms with van der Waals surface area (Å²) in [7, 11) is 0. The van der Waals surface area contributed by atoms with Gasteiger partial charge in [-0.15, -0.1) is 0 Å². The van der Waals surface area contributed by atoms with Crippen LogP contribution in [-0.4, -0.2) is 11.1 Å². The maximum atomic E-state index is 10.2. The van der Waals surface area contributed by atoms with E-state index >= 15 is 0 Å². The normalized spacial score (nSPS) is 31.0. The Kier molecular flexibility index (Phi) is 1.84. The molecule has 3 aliphatic carbocycles. The van der Waals surface area contributed by atoms with E-state index in [4.69, 9.17) is 0 Å².